The zero-order valence-electron chi connectivity index (χ0n) is 17.6. The summed E-state index contributed by atoms with van der Waals surface area (Å²) >= 11 is 0. The van der Waals surface area contributed by atoms with Crippen molar-refractivity contribution in [3.05, 3.63) is 53.6 Å². The summed E-state index contributed by atoms with van der Waals surface area (Å²) in [5, 5.41) is 27.5. The lowest BCUT2D eigenvalue weighted by atomic mass is 10.1. The van der Waals surface area contributed by atoms with Crippen molar-refractivity contribution >= 4 is 11.9 Å². The van der Waals surface area contributed by atoms with Gasteiger partial charge in [-0.1, -0.05) is 38.5 Å². The van der Waals surface area contributed by atoms with Gasteiger partial charge in [0.2, 0.25) is 0 Å². The molecule has 0 aliphatic rings. The summed E-state index contributed by atoms with van der Waals surface area (Å²) in [6.45, 7) is 1.03. The van der Waals surface area contributed by atoms with Gasteiger partial charge in [-0.2, -0.15) is 0 Å². The Kier molecular flexibility index (Phi) is 10.2. The summed E-state index contributed by atoms with van der Waals surface area (Å²) in [6.07, 6.45) is 8.39. The molecule has 0 bridgehead atoms. The van der Waals surface area contributed by atoms with E-state index in [1.807, 2.05) is 0 Å². The van der Waals surface area contributed by atoms with Crippen molar-refractivity contribution in [3.8, 4) is 17.2 Å². The fraction of sp³-hybridized carbons (Fsp3) is 0.417. The van der Waals surface area contributed by atoms with Gasteiger partial charge in [0.05, 0.1) is 18.8 Å². The molecule has 3 N–H and O–H groups in total. The molecule has 0 aliphatic heterocycles. The average Bonchev–Trinajstić information content (AvgIpc) is 2.75. The van der Waals surface area contributed by atoms with Crippen LogP contribution in [0.25, 0.3) is 0 Å². The Morgan fingerprint density at radius 3 is 1.77 bits per heavy atom. The Bertz CT molecular complexity index is 830. The third kappa shape index (κ3) is 8.99. The first-order chi connectivity index (χ1) is 15.0. The van der Waals surface area contributed by atoms with E-state index in [1.54, 1.807) is 24.3 Å². The molecule has 2 aromatic carbocycles. The van der Waals surface area contributed by atoms with Crippen LogP contribution in [0.4, 0.5) is 0 Å². The van der Waals surface area contributed by atoms with Crippen LogP contribution in [0.1, 0.15) is 72.1 Å². The van der Waals surface area contributed by atoms with Gasteiger partial charge in [-0.05, 0) is 55.3 Å². The molecular formula is C24H30O7. The highest BCUT2D eigenvalue weighted by Gasteiger charge is 2.14. The van der Waals surface area contributed by atoms with Crippen molar-refractivity contribution in [1.82, 2.24) is 0 Å². The Morgan fingerprint density at radius 1 is 0.677 bits per heavy atom. The van der Waals surface area contributed by atoms with Crippen LogP contribution in [0, 0.1) is 0 Å². The van der Waals surface area contributed by atoms with E-state index in [2.05, 4.69) is 0 Å². The van der Waals surface area contributed by atoms with Crippen molar-refractivity contribution in [2.24, 2.45) is 0 Å². The van der Waals surface area contributed by atoms with E-state index >= 15 is 0 Å². The van der Waals surface area contributed by atoms with E-state index in [0.717, 1.165) is 57.1 Å². The Balaban J connectivity index is 1.50. The molecule has 0 saturated heterocycles. The molecular weight excluding hydrogens is 400 g/mol. The number of rotatable bonds is 15. The van der Waals surface area contributed by atoms with Crippen LogP contribution in [0.2, 0.25) is 0 Å². The number of aromatic hydroxyl groups is 1. The molecule has 7 nitrogen and oxygen atoms in total. The molecule has 7 heteroatoms. The summed E-state index contributed by atoms with van der Waals surface area (Å²) in [5.41, 5.74) is -0.0205. The Morgan fingerprint density at radius 2 is 1.23 bits per heavy atom. The van der Waals surface area contributed by atoms with Crippen LogP contribution in [0.3, 0.4) is 0 Å². The number of phenolic OH excluding ortho intramolecular Hbond substituents is 1. The SMILES string of the molecule is O=C(O)c1ccc(C(=O)O)c(OCCCCCCCCCCOc2ccc(O)cc2)c1. The van der Waals surface area contributed by atoms with Crippen LogP contribution < -0.4 is 9.47 Å². The van der Waals surface area contributed by atoms with Crippen molar-refractivity contribution < 1.29 is 34.4 Å². The molecule has 0 heterocycles. The fourth-order valence-corrected chi connectivity index (χ4v) is 3.13. The van der Waals surface area contributed by atoms with E-state index in [9.17, 15) is 19.8 Å². The molecule has 0 fully saturated rings. The van der Waals surface area contributed by atoms with Gasteiger partial charge in [0.25, 0.3) is 0 Å². The lowest BCUT2D eigenvalue weighted by Crippen LogP contribution is -2.07. The number of carboxylic acids is 2. The topological polar surface area (TPSA) is 113 Å². The first-order valence-electron chi connectivity index (χ1n) is 10.6. The summed E-state index contributed by atoms with van der Waals surface area (Å²) in [7, 11) is 0. The lowest BCUT2D eigenvalue weighted by molar-refractivity contribution is 0.0677. The van der Waals surface area contributed by atoms with E-state index in [1.165, 1.54) is 18.2 Å². The van der Waals surface area contributed by atoms with Crippen LogP contribution in [0.15, 0.2) is 42.5 Å². The minimum absolute atomic E-state index is 0.00784. The quantitative estimate of drug-likeness (QED) is 0.326. The third-order valence-corrected chi connectivity index (χ3v) is 4.86. The van der Waals surface area contributed by atoms with Crippen LogP contribution >= 0.6 is 0 Å². The standard InChI is InChI=1S/C24H30O7/c25-19-10-12-20(13-11-19)30-15-7-5-3-1-2-4-6-8-16-31-22-17-18(23(26)27)9-14-21(22)24(28)29/h9-14,17,25H,1-8,15-16H2,(H,26,27)(H,28,29). The van der Waals surface area contributed by atoms with Gasteiger partial charge < -0.3 is 24.8 Å². The predicted molar refractivity (Wildman–Crippen MR) is 116 cm³/mol. The maximum atomic E-state index is 11.2. The molecule has 31 heavy (non-hydrogen) atoms. The summed E-state index contributed by atoms with van der Waals surface area (Å²) in [6, 6.07) is 10.5. The van der Waals surface area contributed by atoms with Gasteiger partial charge in [0.15, 0.2) is 0 Å². The van der Waals surface area contributed by atoms with E-state index in [-0.39, 0.29) is 22.6 Å². The Hall–Kier alpha value is -3.22. The molecule has 168 valence electrons. The van der Waals surface area contributed by atoms with Crippen molar-refractivity contribution in [2.45, 2.75) is 51.4 Å². The molecule has 0 radical (unpaired) electrons. The zero-order chi connectivity index (χ0) is 22.5. The number of carbonyl (C=O) groups is 2. The van der Waals surface area contributed by atoms with Gasteiger partial charge >= 0.3 is 11.9 Å². The van der Waals surface area contributed by atoms with Crippen LogP contribution in [0.5, 0.6) is 17.2 Å². The number of aromatic carboxylic acids is 2. The van der Waals surface area contributed by atoms with Gasteiger partial charge in [-0.25, -0.2) is 9.59 Å². The highest BCUT2D eigenvalue weighted by Crippen LogP contribution is 2.21. The van der Waals surface area contributed by atoms with E-state index in [0.29, 0.717) is 13.2 Å². The lowest BCUT2D eigenvalue weighted by Gasteiger charge is -2.10. The monoisotopic (exact) mass is 430 g/mol. The van der Waals surface area contributed by atoms with Crippen LogP contribution in [-0.4, -0.2) is 40.5 Å². The largest absolute Gasteiger partial charge is 0.508 e. The summed E-state index contributed by atoms with van der Waals surface area (Å²) in [5.74, 6) is -1.16. The minimum Gasteiger partial charge on any atom is -0.508 e. The smallest absolute Gasteiger partial charge is 0.339 e. The van der Waals surface area contributed by atoms with Crippen LogP contribution in [-0.2, 0) is 0 Å². The number of carboxylic acid groups (broad SMARTS) is 2. The highest BCUT2D eigenvalue weighted by atomic mass is 16.5. The molecule has 0 aromatic heterocycles. The predicted octanol–water partition coefficient (Wildman–Crippen LogP) is 5.37. The first-order valence-corrected chi connectivity index (χ1v) is 10.6. The van der Waals surface area contributed by atoms with Crippen molar-refractivity contribution in [3.63, 3.8) is 0 Å². The highest BCUT2D eigenvalue weighted by molar-refractivity contribution is 5.94. The van der Waals surface area contributed by atoms with Crippen molar-refractivity contribution in [1.29, 1.82) is 0 Å². The fourth-order valence-electron chi connectivity index (χ4n) is 3.13. The minimum atomic E-state index is -1.14. The van der Waals surface area contributed by atoms with E-state index < -0.39 is 11.9 Å². The van der Waals surface area contributed by atoms with Crippen molar-refractivity contribution in [2.75, 3.05) is 13.2 Å². The van der Waals surface area contributed by atoms with E-state index in [4.69, 9.17) is 14.6 Å². The number of hydrogen-bond donors (Lipinski definition) is 3. The first kappa shape index (κ1) is 24.1. The summed E-state index contributed by atoms with van der Waals surface area (Å²) in [4.78, 5) is 22.3. The second-order valence-corrected chi connectivity index (χ2v) is 7.34. The van der Waals surface area contributed by atoms with Gasteiger partial charge in [0.1, 0.15) is 22.8 Å². The molecule has 0 aliphatic carbocycles. The second kappa shape index (κ2) is 13.2. The third-order valence-electron chi connectivity index (χ3n) is 4.86. The maximum absolute atomic E-state index is 11.2. The Labute approximate surface area is 182 Å². The van der Waals surface area contributed by atoms with Gasteiger partial charge in [-0.3, -0.25) is 0 Å². The number of hydrogen-bond acceptors (Lipinski definition) is 5. The average molecular weight is 430 g/mol. The normalized spacial score (nSPS) is 10.6. The molecule has 2 rings (SSSR count). The van der Waals surface area contributed by atoms with Gasteiger partial charge in [0, 0.05) is 0 Å². The summed E-state index contributed by atoms with van der Waals surface area (Å²) < 4.78 is 11.2. The molecule has 0 spiro atoms. The molecule has 0 amide bonds. The molecule has 0 atom stereocenters. The number of phenols is 1. The zero-order valence-corrected chi connectivity index (χ0v) is 17.6. The number of unbranched alkanes of at least 4 members (excludes halogenated alkanes) is 7. The number of ether oxygens (including phenoxy) is 2. The molecule has 2 aromatic rings. The maximum Gasteiger partial charge on any atom is 0.339 e. The molecule has 0 saturated carbocycles. The second-order valence-electron chi connectivity index (χ2n) is 7.34. The van der Waals surface area contributed by atoms with Gasteiger partial charge in [-0.15, -0.1) is 0 Å². The molecule has 0 unspecified atom stereocenters. The number of benzene rings is 2.